The van der Waals surface area contributed by atoms with Crippen LogP contribution in [0.4, 0.5) is 0 Å². The fourth-order valence-electron chi connectivity index (χ4n) is 3.11. The van der Waals surface area contributed by atoms with Gasteiger partial charge in [-0.05, 0) is 45.8 Å². The minimum atomic E-state index is 0.407. The molecule has 2 aliphatic heterocycles. The lowest BCUT2D eigenvalue weighted by atomic mass is 9.96. The van der Waals surface area contributed by atoms with Gasteiger partial charge < -0.3 is 14.2 Å². The summed E-state index contributed by atoms with van der Waals surface area (Å²) >= 11 is 0. The average Bonchev–Trinajstić information content (AvgIpc) is 3.02. The predicted molar refractivity (Wildman–Crippen MR) is 70.7 cm³/mol. The number of likely N-dealkylation sites (tertiary alicyclic amines) is 1. The number of imidazole rings is 1. The smallest absolute Gasteiger partial charge is 0.111 e. The number of piperidine rings is 1. The van der Waals surface area contributed by atoms with Crippen molar-refractivity contribution in [3.05, 3.63) is 18.2 Å². The van der Waals surface area contributed by atoms with Gasteiger partial charge in [0.1, 0.15) is 5.82 Å². The third kappa shape index (κ3) is 2.59. The molecule has 2 fully saturated rings. The molecule has 0 bridgehead atoms. The molecule has 1 aromatic heterocycles. The first kappa shape index (κ1) is 12.2. The fourth-order valence-corrected chi connectivity index (χ4v) is 3.11. The van der Waals surface area contributed by atoms with E-state index >= 15 is 0 Å². The molecule has 0 aliphatic carbocycles. The van der Waals surface area contributed by atoms with Crippen molar-refractivity contribution in [2.24, 2.45) is 0 Å². The highest BCUT2D eigenvalue weighted by Gasteiger charge is 2.24. The van der Waals surface area contributed by atoms with E-state index in [1.165, 1.54) is 44.6 Å². The van der Waals surface area contributed by atoms with Gasteiger partial charge in [0, 0.05) is 24.9 Å². The lowest BCUT2D eigenvalue weighted by Gasteiger charge is -2.29. The number of rotatable bonds is 3. The Kier molecular flexibility index (Phi) is 3.66. The number of ether oxygens (including phenoxy) is 1. The van der Waals surface area contributed by atoms with Crippen LogP contribution in [0.25, 0.3) is 0 Å². The maximum atomic E-state index is 5.73. The fraction of sp³-hybridized carbons (Fsp3) is 0.786. The van der Waals surface area contributed by atoms with Crippen molar-refractivity contribution in [3.8, 4) is 0 Å². The van der Waals surface area contributed by atoms with Gasteiger partial charge in [0.25, 0.3) is 0 Å². The minimum absolute atomic E-state index is 0.407. The van der Waals surface area contributed by atoms with Gasteiger partial charge in [-0.1, -0.05) is 0 Å². The van der Waals surface area contributed by atoms with Crippen molar-refractivity contribution in [1.29, 1.82) is 0 Å². The van der Waals surface area contributed by atoms with Crippen molar-refractivity contribution < 1.29 is 4.74 Å². The highest BCUT2D eigenvalue weighted by atomic mass is 16.5. The van der Waals surface area contributed by atoms with Gasteiger partial charge in [0.05, 0.1) is 12.6 Å². The zero-order valence-electron chi connectivity index (χ0n) is 11.2. The Bertz CT molecular complexity index is 376. The number of hydrogen-bond acceptors (Lipinski definition) is 3. The molecule has 1 unspecified atom stereocenters. The predicted octanol–water partition coefficient (Wildman–Crippen LogP) is 1.87. The summed E-state index contributed by atoms with van der Waals surface area (Å²) in [6.45, 7) is 4.31. The molecule has 0 N–H and O–H groups in total. The van der Waals surface area contributed by atoms with Crippen LogP contribution >= 0.6 is 0 Å². The molecule has 0 spiro atoms. The van der Waals surface area contributed by atoms with E-state index in [1.54, 1.807) is 0 Å². The summed E-state index contributed by atoms with van der Waals surface area (Å²) in [5, 5.41) is 0. The molecule has 3 rings (SSSR count). The van der Waals surface area contributed by atoms with Crippen LogP contribution in [0.1, 0.15) is 37.4 Å². The molecular formula is C14H23N3O. The van der Waals surface area contributed by atoms with Crippen LogP contribution in [0.5, 0.6) is 0 Å². The highest BCUT2D eigenvalue weighted by molar-refractivity contribution is 5.03. The van der Waals surface area contributed by atoms with Crippen LogP contribution in [0, 0.1) is 0 Å². The molecule has 1 atom stereocenters. The Hall–Kier alpha value is -0.870. The summed E-state index contributed by atoms with van der Waals surface area (Å²) in [6, 6.07) is 0. The second kappa shape index (κ2) is 5.41. The van der Waals surface area contributed by atoms with Gasteiger partial charge in [-0.2, -0.15) is 0 Å². The molecule has 0 aromatic carbocycles. The summed E-state index contributed by atoms with van der Waals surface area (Å²) in [5.41, 5.74) is 0. The largest absolute Gasteiger partial charge is 0.376 e. The zero-order valence-corrected chi connectivity index (χ0v) is 11.2. The Morgan fingerprint density at radius 1 is 1.33 bits per heavy atom. The van der Waals surface area contributed by atoms with Gasteiger partial charge in [-0.15, -0.1) is 0 Å². The molecule has 4 heteroatoms. The Morgan fingerprint density at radius 2 is 2.17 bits per heavy atom. The van der Waals surface area contributed by atoms with Crippen molar-refractivity contribution >= 4 is 0 Å². The van der Waals surface area contributed by atoms with E-state index in [9.17, 15) is 0 Å². The molecule has 0 amide bonds. The normalized spacial score (nSPS) is 26.8. The summed E-state index contributed by atoms with van der Waals surface area (Å²) < 4.78 is 8.05. The van der Waals surface area contributed by atoms with E-state index in [0.29, 0.717) is 12.0 Å². The molecule has 18 heavy (non-hydrogen) atoms. The maximum absolute atomic E-state index is 5.73. The number of nitrogens with zero attached hydrogens (tertiary/aromatic N) is 3. The summed E-state index contributed by atoms with van der Waals surface area (Å²) in [7, 11) is 2.20. The summed E-state index contributed by atoms with van der Waals surface area (Å²) in [5.74, 6) is 1.91. The van der Waals surface area contributed by atoms with Gasteiger partial charge in [-0.3, -0.25) is 0 Å². The van der Waals surface area contributed by atoms with Crippen molar-refractivity contribution in [3.63, 3.8) is 0 Å². The second-order valence-corrected chi connectivity index (χ2v) is 5.65. The molecular weight excluding hydrogens is 226 g/mol. The van der Waals surface area contributed by atoms with Crippen LogP contribution in [0.3, 0.4) is 0 Å². The van der Waals surface area contributed by atoms with Crippen molar-refractivity contribution in [2.75, 3.05) is 26.7 Å². The lowest BCUT2D eigenvalue weighted by Crippen LogP contribution is -2.30. The van der Waals surface area contributed by atoms with Crippen LogP contribution in [-0.2, 0) is 11.3 Å². The van der Waals surface area contributed by atoms with Crippen LogP contribution < -0.4 is 0 Å². The first-order valence-electron chi connectivity index (χ1n) is 7.14. The SMILES string of the molecule is CN1CCC(c2nccn2CC2CCCO2)CC1. The molecule has 100 valence electrons. The molecule has 0 saturated carbocycles. The standard InChI is InChI=1S/C14H23N3O/c1-16-7-4-12(5-8-16)14-15-6-9-17(14)11-13-3-2-10-18-13/h6,9,12-13H,2-5,7-8,10-11H2,1H3. The highest BCUT2D eigenvalue weighted by Crippen LogP contribution is 2.27. The van der Waals surface area contributed by atoms with E-state index < -0.39 is 0 Å². The van der Waals surface area contributed by atoms with E-state index in [4.69, 9.17) is 4.74 Å². The Balaban J connectivity index is 1.66. The Morgan fingerprint density at radius 3 is 2.89 bits per heavy atom. The second-order valence-electron chi connectivity index (χ2n) is 5.65. The molecule has 4 nitrogen and oxygen atoms in total. The van der Waals surface area contributed by atoms with Gasteiger partial charge >= 0.3 is 0 Å². The first-order valence-corrected chi connectivity index (χ1v) is 7.14. The number of aromatic nitrogens is 2. The molecule has 2 aliphatic rings. The summed E-state index contributed by atoms with van der Waals surface area (Å²) in [4.78, 5) is 7.00. The zero-order chi connectivity index (χ0) is 12.4. The van der Waals surface area contributed by atoms with Crippen molar-refractivity contribution in [1.82, 2.24) is 14.5 Å². The van der Waals surface area contributed by atoms with Gasteiger partial charge in [-0.25, -0.2) is 4.98 Å². The topological polar surface area (TPSA) is 30.3 Å². The summed E-state index contributed by atoms with van der Waals surface area (Å²) in [6.07, 6.45) is 9.36. The number of hydrogen-bond donors (Lipinski definition) is 0. The van der Waals surface area contributed by atoms with E-state index in [1.807, 2.05) is 6.20 Å². The lowest BCUT2D eigenvalue weighted by molar-refractivity contribution is 0.0955. The monoisotopic (exact) mass is 249 g/mol. The quantitative estimate of drug-likeness (QED) is 0.819. The van der Waals surface area contributed by atoms with Crippen LogP contribution in [0.2, 0.25) is 0 Å². The van der Waals surface area contributed by atoms with E-state index in [0.717, 1.165) is 13.2 Å². The first-order chi connectivity index (χ1) is 8.83. The molecule has 2 saturated heterocycles. The maximum Gasteiger partial charge on any atom is 0.111 e. The Labute approximate surface area is 109 Å². The van der Waals surface area contributed by atoms with Crippen LogP contribution in [-0.4, -0.2) is 47.3 Å². The van der Waals surface area contributed by atoms with Gasteiger partial charge in [0.15, 0.2) is 0 Å². The average molecular weight is 249 g/mol. The third-order valence-corrected chi connectivity index (χ3v) is 4.26. The van der Waals surface area contributed by atoms with Crippen molar-refractivity contribution in [2.45, 2.75) is 44.2 Å². The minimum Gasteiger partial charge on any atom is -0.376 e. The van der Waals surface area contributed by atoms with E-state index in [-0.39, 0.29) is 0 Å². The van der Waals surface area contributed by atoms with E-state index in [2.05, 4.69) is 27.7 Å². The van der Waals surface area contributed by atoms with Gasteiger partial charge in [0.2, 0.25) is 0 Å². The molecule has 0 radical (unpaired) electrons. The van der Waals surface area contributed by atoms with Crippen LogP contribution in [0.15, 0.2) is 12.4 Å². The molecule has 3 heterocycles. The molecule has 1 aromatic rings. The third-order valence-electron chi connectivity index (χ3n) is 4.26.